The predicted octanol–water partition coefficient (Wildman–Crippen LogP) is 4.37. The molecule has 166 valence electrons. The third kappa shape index (κ3) is 4.54. The van der Waals surface area contributed by atoms with Crippen molar-refractivity contribution in [3.63, 3.8) is 0 Å². The summed E-state index contributed by atoms with van der Waals surface area (Å²) < 4.78 is 13.1. The van der Waals surface area contributed by atoms with Crippen LogP contribution in [0.1, 0.15) is 41.3 Å². The molecule has 2 aliphatic heterocycles. The number of rotatable bonds is 6. The first-order valence-corrected chi connectivity index (χ1v) is 11.6. The highest BCUT2D eigenvalue weighted by Gasteiger charge is 2.30. The largest absolute Gasteiger partial charge is 0.382 e. The van der Waals surface area contributed by atoms with Crippen molar-refractivity contribution in [3.05, 3.63) is 95.1 Å². The van der Waals surface area contributed by atoms with Crippen molar-refractivity contribution in [2.24, 2.45) is 0 Å². The van der Waals surface area contributed by atoms with Crippen molar-refractivity contribution >= 4 is 5.69 Å². The molecule has 0 radical (unpaired) electrons. The fourth-order valence-corrected chi connectivity index (χ4v) is 5.07. The molecule has 2 aromatic carbocycles. The normalized spacial score (nSPS) is 18.0. The van der Waals surface area contributed by atoms with E-state index in [4.69, 9.17) is 0 Å². The lowest BCUT2D eigenvalue weighted by molar-refractivity contribution is 0.211. The molecule has 0 aliphatic carbocycles. The summed E-state index contributed by atoms with van der Waals surface area (Å²) >= 11 is 0. The summed E-state index contributed by atoms with van der Waals surface area (Å²) in [5.41, 5.74) is 5.45. The summed E-state index contributed by atoms with van der Waals surface area (Å²) in [4.78, 5) is 9.40. The van der Waals surface area contributed by atoms with Gasteiger partial charge in [0.1, 0.15) is 11.9 Å². The number of nitrogens with zero attached hydrogens (tertiary/aromatic N) is 3. The molecular weight excluding hydrogens is 401 g/mol. The van der Waals surface area contributed by atoms with Gasteiger partial charge in [-0.1, -0.05) is 30.3 Å². The van der Waals surface area contributed by atoms with Gasteiger partial charge in [0.15, 0.2) is 0 Å². The van der Waals surface area contributed by atoms with Crippen molar-refractivity contribution < 1.29 is 9.50 Å². The number of pyridine rings is 1. The number of aliphatic hydroxyl groups is 1. The summed E-state index contributed by atoms with van der Waals surface area (Å²) in [5.74, 6) is -0.170. The number of hydrogen-bond donors (Lipinski definition) is 1. The van der Waals surface area contributed by atoms with E-state index in [1.807, 2.05) is 36.4 Å². The molecule has 4 nitrogen and oxygen atoms in total. The van der Waals surface area contributed by atoms with Gasteiger partial charge in [0.05, 0.1) is 5.69 Å². The monoisotopic (exact) mass is 431 g/mol. The van der Waals surface area contributed by atoms with E-state index >= 15 is 0 Å². The van der Waals surface area contributed by atoms with Crippen LogP contribution in [0.5, 0.6) is 0 Å². The Hall–Kier alpha value is -2.76. The minimum atomic E-state index is -0.697. The minimum absolute atomic E-state index is 0.170. The summed E-state index contributed by atoms with van der Waals surface area (Å²) in [6.07, 6.45) is 5.36. The number of fused-ring (bicyclic) bond motifs is 1. The Morgan fingerprint density at radius 1 is 1.00 bits per heavy atom. The van der Waals surface area contributed by atoms with E-state index < -0.39 is 6.10 Å². The second kappa shape index (κ2) is 9.39. The van der Waals surface area contributed by atoms with Crippen LogP contribution in [0.3, 0.4) is 0 Å². The summed E-state index contributed by atoms with van der Waals surface area (Å²) in [7, 11) is 0. The van der Waals surface area contributed by atoms with Gasteiger partial charge in [0.25, 0.3) is 0 Å². The molecule has 3 heterocycles. The summed E-state index contributed by atoms with van der Waals surface area (Å²) in [6, 6.07) is 19.5. The number of piperidine rings is 1. The lowest BCUT2D eigenvalue weighted by Crippen LogP contribution is -2.45. The topological polar surface area (TPSA) is 39.6 Å². The van der Waals surface area contributed by atoms with E-state index in [1.165, 1.54) is 16.8 Å². The highest BCUT2D eigenvalue weighted by Crippen LogP contribution is 2.35. The molecule has 32 heavy (non-hydrogen) atoms. The van der Waals surface area contributed by atoms with Gasteiger partial charge in [-0.25, -0.2) is 4.39 Å². The number of anilines is 1. The molecule has 0 spiro atoms. The van der Waals surface area contributed by atoms with Gasteiger partial charge in [0.2, 0.25) is 0 Å². The second-order valence-electron chi connectivity index (χ2n) is 8.94. The van der Waals surface area contributed by atoms with Gasteiger partial charge in [-0.15, -0.1) is 0 Å². The third-order valence-corrected chi connectivity index (χ3v) is 6.95. The molecule has 1 fully saturated rings. The minimum Gasteiger partial charge on any atom is -0.382 e. The number of benzene rings is 2. The van der Waals surface area contributed by atoms with Crippen LogP contribution in [-0.2, 0) is 12.8 Å². The van der Waals surface area contributed by atoms with Gasteiger partial charge in [-0.2, -0.15) is 0 Å². The Morgan fingerprint density at radius 2 is 1.81 bits per heavy atom. The van der Waals surface area contributed by atoms with Crippen molar-refractivity contribution in [3.8, 4) is 0 Å². The number of halogens is 1. The van der Waals surface area contributed by atoms with Gasteiger partial charge >= 0.3 is 0 Å². The standard InChI is InChI=1S/C27H30FN3O/c28-23-8-4-20(5-9-23)10-15-30-16-12-24(13-17-30)31-18-11-21-6-7-22(19-26(21)31)27(32)25-3-1-2-14-29-25/h1-9,14,19,24,27,32H,10-13,15-18H2. The van der Waals surface area contributed by atoms with E-state index in [0.29, 0.717) is 11.7 Å². The average molecular weight is 432 g/mol. The zero-order chi connectivity index (χ0) is 21.9. The molecule has 0 saturated carbocycles. The number of hydrogen-bond acceptors (Lipinski definition) is 4. The van der Waals surface area contributed by atoms with Crippen LogP contribution in [0.15, 0.2) is 66.9 Å². The van der Waals surface area contributed by atoms with Crippen LogP contribution in [0.2, 0.25) is 0 Å². The highest BCUT2D eigenvalue weighted by atomic mass is 19.1. The quantitative estimate of drug-likeness (QED) is 0.629. The Labute approximate surface area is 189 Å². The van der Waals surface area contributed by atoms with Crippen molar-refractivity contribution in [1.82, 2.24) is 9.88 Å². The molecular formula is C27H30FN3O. The van der Waals surface area contributed by atoms with E-state index in [-0.39, 0.29) is 5.82 Å². The summed E-state index contributed by atoms with van der Waals surface area (Å²) in [6.45, 7) is 4.26. The molecule has 1 aromatic heterocycles. The lowest BCUT2D eigenvalue weighted by atomic mass is 10.00. The van der Waals surface area contributed by atoms with Crippen LogP contribution in [0, 0.1) is 5.82 Å². The van der Waals surface area contributed by atoms with Crippen LogP contribution >= 0.6 is 0 Å². The van der Waals surface area contributed by atoms with Gasteiger partial charge in [0, 0.05) is 44.1 Å². The fraction of sp³-hybridized carbons (Fsp3) is 0.370. The van der Waals surface area contributed by atoms with Crippen molar-refractivity contribution in [2.45, 2.75) is 37.8 Å². The van der Waals surface area contributed by atoms with Gasteiger partial charge in [-0.3, -0.25) is 4.98 Å². The van der Waals surface area contributed by atoms with Crippen molar-refractivity contribution in [1.29, 1.82) is 0 Å². The van der Waals surface area contributed by atoms with Crippen molar-refractivity contribution in [2.75, 3.05) is 31.1 Å². The smallest absolute Gasteiger partial charge is 0.123 e. The molecule has 1 saturated heterocycles. The molecule has 2 aliphatic rings. The summed E-state index contributed by atoms with van der Waals surface area (Å²) in [5, 5.41) is 10.8. The number of likely N-dealkylation sites (tertiary alicyclic amines) is 1. The fourth-order valence-electron chi connectivity index (χ4n) is 5.07. The maximum absolute atomic E-state index is 13.1. The zero-order valence-corrected chi connectivity index (χ0v) is 18.3. The first kappa shape index (κ1) is 21.1. The van der Waals surface area contributed by atoms with Crippen LogP contribution in [0.25, 0.3) is 0 Å². The molecule has 1 unspecified atom stereocenters. The molecule has 1 N–H and O–H groups in total. The maximum Gasteiger partial charge on any atom is 0.123 e. The molecule has 0 bridgehead atoms. The number of aliphatic hydroxyl groups excluding tert-OH is 1. The first-order chi connectivity index (χ1) is 15.7. The maximum atomic E-state index is 13.1. The Balaban J connectivity index is 1.21. The van der Waals surface area contributed by atoms with E-state index in [0.717, 1.165) is 57.4 Å². The molecule has 5 rings (SSSR count). The highest BCUT2D eigenvalue weighted by molar-refractivity contribution is 5.61. The molecule has 0 amide bonds. The third-order valence-electron chi connectivity index (χ3n) is 6.95. The first-order valence-electron chi connectivity index (χ1n) is 11.6. The Morgan fingerprint density at radius 3 is 2.56 bits per heavy atom. The molecule has 5 heteroatoms. The SMILES string of the molecule is OC(c1ccc2c(c1)N(C1CCN(CCc3ccc(F)cc3)CC1)CC2)c1ccccn1. The Kier molecular flexibility index (Phi) is 6.19. The molecule has 1 atom stereocenters. The Bertz CT molecular complexity index is 1030. The van der Waals surface area contributed by atoms with Gasteiger partial charge in [-0.05, 0) is 72.7 Å². The molecule has 3 aromatic rings. The van der Waals surface area contributed by atoms with E-state index in [2.05, 4.69) is 26.9 Å². The zero-order valence-electron chi connectivity index (χ0n) is 18.3. The van der Waals surface area contributed by atoms with Gasteiger partial charge < -0.3 is 14.9 Å². The van der Waals surface area contributed by atoms with Crippen LogP contribution in [-0.4, -0.2) is 47.2 Å². The van der Waals surface area contributed by atoms with Crippen LogP contribution < -0.4 is 4.90 Å². The van der Waals surface area contributed by atoms with E-state index in [1.54, 1.807) is 18.3 Å². The number of aromatic nitrogens is 1. The predicted molar refractivity (Wildman–Crippen MR) is 125 cm³/mol. The average Bonchev–Trinajstić information content (AvgIpc) is 3.27. The van der Waals surface area contributed by atoms with E-state index in [9.17, 15) is 9.50 Å². The second-order valence-corrected chi connectivity index (χ2v) is 8.94. The van der Waals surface area contributed by atoms with Crippen LogP contribution in [0.4, 0.5) is 10.1 Å². The lowest BCUT2D eigenvalue weighted by Gasteiger charge is -2.38.